The molecule has 0 heterocycles. The largest absolute Gasteiger partial charge is 0.459 e. The molecular weight excluding hydrogens is 456 g/mol. The van der Waals surface area contributed by atoms with Crippen LogP contribution in [0.5, 0.6) is 0 Å². The Labute approximate surface area is 196 Å². The van der Waals surface area contributed by atoms with Crippen molar-refractivity contribution in [3.63, 3.8) is 0 Å². The Balaban J connectivity index is 3.01. The van der Waals surface area contributed by atoms with E-state index < -0.39 is 30.0 Å². The van der Waals surface area contributed by atoms with Crippen LogP contribution in [0.1, 0.15) is 47.1 Å². The minimum absolute atomic E-state index is 0.0305. The summed E-state index contributed by atoms with van der Waals surface area (Å²) < 4.78 is 20.0. The summed E-state index contributed by atoms with van der Waals surface area (Å²) in [7, 11) is 0. The lowest BCUT2D eigenvalue weighted by molar-refractivity contribution is -0.140. The summed E-state index contributed by atoms with van der Waals surface area (Å²) >= 11 is 6.17. The molecule has 0 saturated heterocycles. The van der Waals surface area contributed by atoms with Crippen molar-refractivity contribution >= 4 is 35.5 Å². The Morgan fingerprint density at radius 3 is 1.70 bits per heavy atom. The fourth-order valence-corrected chi connectivity index (χ4v) is 2.70. The topological polar surface area (TPSA) is 125 Å². The number of aliphatic hydroxyl groups is 1. The van der Waals surface area contributed by atoms with Crippen molar-refractivity contribution < 1.29 is 43.2 Å². The molecule has 0 aromatic heterocycles. The predicted octanol–water partition coefficient (Wildman–Crippen LogP) is 2.82. The van der Waals surface area contributed by atoms with Gasteiger partial charge in [-0.15, -0.1) is 0 Å². The molecule has 0 fully saturated rings. The zero-order valence-corrected chi connectivity index (χ0v) is 19.5. The van der Waals surface area contributed by atoms with E-state index in [1.54, 1.807) is 0 Å². The standard InChI is InChI=1S/C23H27ClO9/c1-13(2)20(26)30-8-10-32-22(28)18-16(12-15(5)25)6-7-17(24)19(18)23(29)33-11-9-31-21(27)14(3)4/h6-7,15,25H,1,3,8-12H2,2,4-5H3. The molecule has 0 saturated carbocycles. The molecular formula is C23H27ClO9. The molecule has 1 unspecified atom stereocenters. The van der Waals surface area contributed by atoms with E-state index in [-0.39, 0.29) is 60.1 Å². The van der Waals surface area contributed by atoms with Gasteiger partial charge in [-0.05, 0) is 38.8 Å². The van der Waals surface area contributed by atoms with Gasteiger partial charge in [0.2, 0.25) is 0 Å². The smallest absolute Gasteiger partial charge is 0.340 e. The summed E-state index contributed by atoms with van der Waals surface area (Å²) in [6.45, 7) is 10.3. The Hall–Kier alpha value is -3.17. The zero-order valence-electron chi connectivity index (χ0n) is 18.8. The Bertz CT molecular complexity index is 934. The van der Waals surface area contributed by atoms with Crippen LogP contribution in [0.4, 0.5) is 0 Å². The molecule has 9 nitrogen and oxygen atoms in total. The second kappa shape index (κ2) is 13.4. The number of hydrogen-bond donors (Lipinski definition) is 1. The number of hydrogen-bond acceptors (Lipinski definition) is 9. The van der Waals surface area contributed by atoms with Gasteiger partial charge in [0.25, 0.3) is 0 Å². The van der Waals surface area contributed by atoms with Gasteiger partial charge in [0.15, 0.2) is 0 Å². The van der Waals surface area contributed by atoms with Gasteiger partial charge in [-0.2, -0.15) is 0 Å². The van der Waals surface area contributed by atoms with E-state index in [0.29, 0.717) is 5.56 Å². The van der Waals surface area contributed by atoms with Gasteiger partial charge in [-0.3, -0.25) is 0 Å². The van der Waals surface area contributed by atoms with Gasteiger partial charge in [-0.1, -0.05) is 30.8 Å². The molecule has 10 heteroatoms. The third kappa shape index (κ3) is 9.07. The van der Waals surface area contributed by atoms with Gasteiger partial charge >= 0.3 is 23.9 Å². The van der Waals surface area contributed by atoms with E-state index >= 15 is 0 Å². The molecule has 0 bridgehead atoms. The fraction of sp³-hybridized carbons (Fsp3) is 0.391. The SMILES string of the molecule is C=C(C)C(=O)OCCOC(=O)c1c(Cl)ccc(CC(C)O)c1C(=O)OCCOC(=O)C(=C)C. The molecule has 0 spiro atoms. The third-order valence-electron chi connectivity index (χ3n) is 3.96. The van der Waals surface area contributed by atoms with E-state index in [1.165, 1.54) is 32.9 Å². The quantitative estimate of drug-likeness (QED) is 0.207. The fourth-order valence-electron chi connectivity index (χ4n) is 2.47. The van der Waals surface area contributed by atoms with E-state index in [0.717, 1.165) is 0 Å². The average molecular weight is 483 g/mol. The van der Waals surface area contributed by atoms with Crippen molar-refractivity contribution in [2.45, 2.75) is 33.3 Å². The molecule has 0 aliphatic heterocycles. The van der Waals surface area contributed by atoms with E-state index in [9.17, 15) is 24.3 Å². The second-order valence-electron chi connectivity index (χ2n) is 7.11. The first kappa shape index (κ1) is 27.9. The van der Waals surface area contributed by atoms with Crippen LogP contribution in [0, 0.1) is 0 Å². The Morgan fingerprint density at radius 2 is 1.27 bits per heavy atom. The van der Waals surface area contributed by atoms with Crippen LogP contribution < -0.4 is 0 Å². The molecule has 180 valence electrons. The van der Waals surface area contributed by atoms with Crippen molar-refractivity contribution in [2.24, 2.45) is 0 Å². The predicted molar refractivity (Wildman–Crippen MR) is 119 cm³/mol. The molecule has 1 rings (SSSR count). The minimum atomic E-state index is -0.945. The summed E-state index contributed by atoms with van der Waals surface area (Å²) in [4.78, 5) is 48.3. The van der Waals surface area contributed by atoms with Gasteiger partial charge < -0.3 is 24.1 Å². The lowest BCUT2D eigenvalue weighted by atomic mass is 9.97. The third-order valence-corrected chi connectivity index (χ3v) is 4.28. The maximum Gasteiger partial charge on any atom is 0.340 e. The maximum atomic E-state index is 12.8. The summed E-state index contributed by atoms with van der Waals surface area (Å²) in [5.41, 5.74) is 0.242. The van der Waals surface area contributed by atoms with Crippen LogP contribution in [-0.4, -0.2) is 61.5 Å². The molecule has 1 aromatic carbocycles. The molecule has 0 radical (unpaired) electrons. The molecule has 1 aromatic rings. The highest BCUT2D eigenvalue weighted by atomic mass is 35.5. The molecule has 1 N–H and O–H groups in total. The number of carbonyl (C=O) groups excluding carboxylic acids is 4. The van der Waals surface area contributed by atoms with E-state index in [4.69, 9.17) is 30.5 Å². The van der Waals surface area contributed by atoms with Crippen LogP contribution in [0.15, 0.2) is 36.4 Å². The van der Waals surface area contributed by atoms with Crippen molar-refractivity contribution in [3.8, 4) is 0 Å². The van der Waals surface area contributed by atoms with Crippen molar-refractivity contribution in [3.05, 3.63) is 58.1 Å². The normalized spacial score (nSPS) is 11.2. The van der Waals surface area contributed by atoms with Crippen molar-refractivity contribution in [2.75, 3.05) is 26.4 Å². The molecule has 1 atom stereocenters. The second-order valence-corrected chi connectivity index (χ2v) is 7.52. The summed E-state index contributed by atoms with van der Waals surface area (Å²) in [5, 5.41) is 9.71. The van der Waals surface area contributed by atoms with Crippen LogP contribution in [-0.2, 0) is 35.0 Å². The van der Waals surface area contributed by atoms with Crippen LogP contribution in [0.3, 0.4) is 0 Å². The molecule has 33 heavy (non-hydrogen) atoms. The number of carbonyl (C=O) groups is 4. The summed E-state index contributed by atoms with van der Waals surface area (Å²) in [5.74, 6) is -3.14. The Kier molecular flexibility index (Phi) is 11.3. The minimum Gasteiger partial charge on any atom is -0.459 e. The first-order valence-corrected chi connectivity index (χ1v) is 10.3. The highest BCUT2D eigenvalue weighted by molar-refractivity contribution is 6.34. The van der Waals surface area contributed by atoms with Crippen LogP contribution in [0.25, 0.3) is 0 Å². The van der Waals surface area contributed by atoms with Crippen LogP contribution in [0.2, 0.25) is 5.02 Å². The van der Waals surface area contributed by atoms with E-state index in [2.05, 4.69) is 13.2 Å². The molecule has 0 aliphatic carbocycles. The first-order chi connectivity index (χ1) is 15.5. The first-order valence-electron chi connectivity index (χ1n) is 9.94. The van der Waals surface area contributed by atoms with Gasteiger partial charge in [0.05, 0.1) is 22.3 Å². The maximum absolute atomic E-state index is 12.8. The monoisotopic (exact) mass is 482 g/mol. The van der Waals surface area contributed by atoms with Crippen molar-refractivity contribution in [1.29, 1.82) is 0 Å². The number of halogens is 1. The summed E-state index contributed by atoms with van der Waals surface area (Å²) in [6, 6.07) is 2.88. The van der Waals surface area contributed by atoms with Gasteiger partial charge in [0, 0.05) is 11.1 Å². The number of ether oxygens (including phenoxy) is 4. The van der Waals surface area contributed by atoms with Gasteiger partial charge in [-0.25, -0.2) is 19.2 Å². The van der Waals surface area contributed by atoms with E-state index in [1.807, 2.05) is 0 Å². The zero-order chi connectivity index (χ0) is 25.1. The highest BCUT2D eigenvalue weighted by Crippen LogP contribution is 2.27. The van der Waals surface area contributed by atoms with Gasteiger partial charge in [0.1, 0.15) is 26.4 Å². The number of esters is 4. The number of benzene rings is 1. The number of aliphatic hydroxyl groups excluding tert-OH is 1. The molecule has 0 amide bonds. The lowest BCUT2D eigenvalue weighted by Gasteiger charge is -2.16. The average Bonchev–Trinajstić information content (AvgIpc) is 2.73. The Morgan fingerprint density at radius 1 is 0.848 bits per heavy atom. The van der Waals surface area contributed by atoms with Crippen LogP contribution >= 0.6 is 11.6 Å². The number of rotatable bonds is 12. The molecule has 0 aliphatic rings. The highest BCUT2D eigenvalue weighted by Gasteiger charge is 2.27. The summed E-state index contributed by atoms with van der Waals surface area (Å²) in [6.07, 6.45) is -0.803. The van der Waals surface area contributed by atoms with Crippen molar-refractivity contribution in [1.82, 2.24) is 0 Å². The lowest BCUT2D eigenvalue weighted by Crippen LogP contribution is -2.22.